The lowest BCUT2D eigenvalue weighted by Crippen LogP contribution is -2.76. The van der Waals surface area contributed by atoms with Crippen LogP contribution in [-0.4, -0.2) is 111 Å². The van der Waals surface area contributed by atoms with Crippen molar-refractivity contribution in [3.05, 3.63) is 40.4 Å². The molecule has 2 fully saturated rings. The zero-order chi connectivity index (χ0) is 36.8. The number of carbonyl (C=O) groups excluding carboxylic acids is 2. The van der Waals surface area contributed by atoms with Gasteiger partial charge in [-0.3, -0.25) is 19.6 Å². The third kappa shape index (κ3) is 7.09. The molecular weight excluding hydrogens is 700 g/mol. The number of carbonyl (C=O) groups is 3. The number of aliphatic hydroxyl groups is 1. The van der Waals surface area contributed by atoms with Crippen LogP contribution in [0.1, 0.15) is 56.9 Å². The fourth-order valence-corrected chi connectivity index (χ4v) is 7.02. The van der Waals surface area contributed by atoms with Crippen molar-refractivity contribution in [3.8, 4) is 5.75 Å². The number of aliphatic carboxylic acids is 1. The molecule has 3 atom stereocenters. The molecule has 0 radical (unpaired) electrons. The summed E-state index contributed by atoms with van der Waals surface area (Å²) in [6, 6.07) is 3.77. The van der Waals surface area contributed by atoms with Crippen LogP contribution in [0.4, 0.5) is 5.13 Å². The first-order valence-corrected chi connectivity index (χ1v) is 17.5. The number of thiazole rings is 1. The van der Waals surface area contributed by atoms with Gasteiger partial charge in [0, 0.05) is 22.5 Å². The lowest BCUT2D eigenvalue weighted by atomic mass is 9.73. The molecule has 1 saturated carbocycles. The fourth-order valence-electron chi connectivity index (χ4n) is 6.01. The third-order valence-corrected chi connectivity index (χ3v) is 10.2. The van der Waals surface area contributed by atoms with E-state index < -0.39 is 57.2 Å². The van der Waals surface area contributed by atoms with Gasteiger partial charge in [-0.1, -0.05) is 5.16 Å². The summed E-state index contributed by atoms with van der Waals surface area (Å²) in [4.78, 5) is 48.3. The number of β-lactam (4-membered cyclic amide) rings is 1. The molecule has 3 heterocycles. The van der Waals surface area contributed by atoms with Gasteiger partial charge in [0.15, 0.2) is 16.9 Å². The SMILES string of the molecule is CNC1(CO)CC(NC(=N)c2ccc3c(c2)CCC(C(C)(ON=C(C(=O)NC2C(=O)N(OS(=O)(=O)O)C2(C)C)c2csc(N)n2)C(=O)O)O3)C1. The fraction of sp³-hybridized carbons (Fsp3) is 0.517. The van der Waals surface area contributed by atoms with E-state index in [1.165, 1.54) is 26.2 Å². The van der Waals surface area contributed by atoms with E-state index in [2.05, 4.69) is 30.4 Å². The van der Waals surface area contributed by atoms with E-state index in [4.69, 9.17) is 25.3 Å². The van der Waals surface area contributed by atoms with Crippen molar-refractivity contribution in [2.75, 3.05) is 19.4 Å². The molecule has 21 heteroatoms. The summed E-state index contributed by atoms with van der Waals surface area (Å²) in [5.74, 6) is -2.91. The van der Waals surface area contributed by atoms with Crippen LogP contribution in [0.15, 0.2) is 28.7 Å². The van der Waals surface area contributed by atoms with Crippen LogP contribution in [0, 0.1) is 5.41 Å². The highest BCUT2D eigenvalue weighted by atomic mass is 32.3. The normalized spacial score (nSPS) is 25.6. The monoisotopic (exact) mass is 738 g/mol. The van der Waals surface area contributed by atoms with Crippen molar-refractivity contribution < 1.29 is 51.4 Å². The number of ether oxygens (including phenoxy) is 1. The molecule has 50 heavy (non-hydrogen) atoms. The maximum atomic E-state index is 13.5. The number of nitrogens with zero attached hydrogens (tertiary/aromatic N) is 3. The summed E-state index contributed by atoms with van der Waals surface area (Å²) in [7, 11) is -3.25. The second kappa shape index (κ2) is 13.4. The number of amides is 2. The molecule has 2 aromatic rings. The van der Waals surface area contributed by atoms with Crippen molar-refractivity contribution >= 4 is 56.2 Å². The standard InChI is InChI=1S/C29H38N8O11S2/c1-27(2)21(24(40)37(27)48-50(43,44)45)35-23(39)20(17-12-49-26(31)34-17)36-47-28(3,25(41)42)19-8-6-14-9-15(5-7-18(14)46-19)22(30)33-16-10-29(11-16,13-38)32-4/h5,7,9,12,16,19,21,32,38H,6,8,10-11,13H2,1-4H3,(H2,30,33)(H2,31,34)(H,35,39)(H,41,42)(H,43,44,45). The summed E-state index contributed by atoms with van der Waals surface area (Å²) in [5.41, 5.74) is 2.54. The Morgan fingerprint density at radius 2 is 2.00 bits per heavy atom. The smallest absolute Gasteiger partial charge is 0.418 e. The zero-order valence-corrected chi connectivity index (χ0v) is 29.1. The first kappa shape index (κ1) is 36.9. The van der Waals surface area contributed by atoms with Crippen LogP contribution >= 0.6 is 11.3 Å². The number of hydrogen-bond donors (Lipinski definition) is 8. The molecule has 1 aromatic carbocycles. The molecular formula is C29H38N8O11S2. The van der Waals surface area contributed by atoms with E-state index >= 15 is 0 Å². The topological polar surface area (TPSA) is 288 Å². The van der Waals surface area contributed by atoms with E-state index in [1.54, 1.807) is 25.2 Å². The average molecular weight is 739 g/mol. The molecule has 0 spiro atoms. The minimum atomic E-state index is -5.04. The molecule has 0 bridgehead atoms. The minimum absolute atomic E-state index is 0.00115. The zero-order valence-electron chi connectivity index (χ0n) is 27.4. The Labute approximate surface area is 290 Å². The van der Waals surface area contributed by atoms with Crippen LogP contribution in [0.25, 0.3) is 0 Å². The van der Waals surface area contributed by atoms with Gasteiger partial charge in [-0.05, 0) is 77.3 Å². The van der Waals surface area contributed by atoms with Crippen LogP contribution < -0.4 is 26.4 Å². The number of aliphatic hydroxyl groups excluding tert-OH is 1. The van der Waals surface area contributed by atoms with Crippen molar-refractivity contribution in [1.82, 2.24) is 26.0 Å². The summed E-state index contributed by atoms with van der Waals surface area (Å²) >= 11 is 0.956. The van der Waals surface area contributed by atoms with E-state index in [0.29, 0.717) is 35.6 Å². The van der Waals surface area contributed by atoms with Gasteiger partial charge in [-0.15, -0.1) is 15.6 Å². The quantitative estimate of drug-likeness (QED) is 0.0425. The number of carboxylic acid groups (broad SMARTS) is 1. The lowest BCUT2D eigenvalue weighted by molar-refractivity contribution is -0.218. The number of nitrogens with one attached hydrogen (secondary N) is 4. The molecule has 1 aliphatic carbocycles. The van der Waals surface area contributed by atoms with Gasteiger partial charge in [-0.25, -0.2) is 9.78 Å². The number of nitrogen functional groups attached to an aromatic ring is 1. The van der Waals surface area contributed by atoms with Gasteiger partial charge in [0.05, 0.1) is 12.1 Å². The summed E-state index contributed by atoms with van der Waals surface area (Å²) in [6.07, 6.45) is 0.763. The number of aryl methyl sites for hydroxylation is 1. The molecule has 3 unspecified atom stereocenters. The van der Waals surface area contributed by atoms with Crippen LogP contribution in [0.3, 0.4) is 0 Å². The van der Waals surface area contributed by atoms with Gasteiger partial charge in [0.25, 0.3) is 17.4 Å². The highest BCUT2D eigenvalue weighted by Gasteiger charge is 2.58. The summed E-state index contributed by atoms with van der Waals surface area (Å²) < 4.78 is 41.7. The lowest BCUT2D eigenvalue weighted by Gasteiger charge is -2.50. The van der Waals surface area contributed by atoms with Crippen LogP contribution in [0.2, 0.25) is 0 Å². The van der Waals surface area contributed by atoms with Gasteiger partial charge in [-0.2, -0.15) is 13.5 Å². The Morgan fingerprint density at radius 3 is 2.56 bits per heavy atom. The Hall–Kier alpha value is -4.41. The molecule has 2 aliphatic heterocycles. The molecule has 1 saturated heterocycles. The third-order valence-electron chi connectivity index (χ3n) is 9.22. The maximum absolute atomic E-state index is 13.5. The first-order chi connectivity index (χ1) is 23.3. The van der Waals surface area contributed by atoms with E-state index in [0.717, 1.165) is 16.9 Å². The largest absolute Gasteiger partial charge is 0.485 e. The van der Waals surface area contributed by atoms with Crippen molar-refractivity contribution in [1.29, 1.82) is 5.41 Å². The number of likely N-dealkylation sites (N-methyl/N-ethyl adjacent to an activating group) is 1. The number of rotatable bonds is 13. The van der Waals surface area contributed by atoms with E-state index in [9.17, 15) is 33.0 Å². The summed E-state index contributed by atoms with van der Waals surface area (Å²) in [6.45, 7) is 3.96. The Morgan fingerprint density at radius 1 is 1.30 bits per heavy atom. The molecule has 1 aromatic heterocycles. The Bertz CT molecular complexity index is 1840. The van der Waals surface area contributed by atoms with Crippen LogP contribution in [0.5, 0.6) is 5.75 Å². The maximum Gasteiger partial charge on any atom is 0.418 e. The number of oxime groups is 1. The highest BCUT2D eigenvalue weighted by molar-refractivity contribution is 7.80. The van der Waals surface area contributed by atoms with Gasteiger partial charge in [0.1, 0.15) is 23.3 Å². The van der Waals surface area contributed by atoms with Gasteiger partial charge in [0.2, 0.25) is 0 Å². The highest BCUT2D eigenvalue weighted by Crippen LogP contribution is 2.36. The van der Waals surface area contributed by atoms with E-state index in [1.807, 2.05) is 0 Å². The number of aromatic nitrogens is 1. The molecule has 2 amide bonds. The molecule has 19 nitrogen and oxygen atoms in total. The van der Waals surface area contributed by atoms with Crippen LogP contribution in [-0.2, 0) is 40.3 Å². The molecule has 272 valence electrons. The number of anilines is 1. The Kier molecular flexibility index (Phi) is 9.86. The first-order valence-electron chi connectivity index (χ1n) is 15.3. The number of fused-ring (bicyclic) bond motifs is 1. The predicted octanol–water partition coefficient (Wildman–Crippen LogP) is -0.449. The number of nitrogens with two attached hydrogens (primary N) is 1. The number of amidine groups is 1. The second-order valence-electron chi connectivity index (χ2n) is 13.0. The van der Waals surface area contributed by atoms with Crippen molar-refractivity contribution in [2.45, 2.75) is 81.3 Å². The number of hydrogen-bond acceptors (Lipinski definition) is 15. The average Bonchev–Trinajstić information content (AvgIpc) is 3.48. The van der Waals surface area contributed by atoms with Gasteiger partial charge < -0.3 is 41.5 Å². The number of benzene rings is 1. The minimum Gasteiger partial charge on any atom is -0.485 e. The number of hydroxylamine groups is 2. The summed E-state index contributed by atoms with van der Waals surface area (Å²) in [5, 5.41) is 42.8. The number of carboxylic acids is 1. The van der Waals surface area contributed by atoms with E-state index in [-0.39, 0.29) is 41.3 Å². The van der Waals surface area contributed by atoms with Crippen molar-refractivity contribution in [2.24, 2.45) is 5.16 Å². The molecule has 3 aliphatic rings. The molecule has 9 N–H and O–H groups in total. The van der Waals surface area contributed by atoms with Crippen molar-refractivity contribution in [3.63, 3.8) is 0 Å². The second-order valence-corrected chi connectivity index (χ2v) is 14.9. The molecule has 5 rings (SSSR count). The predicted molar refractivity (Wildman–Crippen MR) is 177 cm³/mol. The Balaban J connectivity index is 1.31. The van der Waals surface area contributed by atoms with Gasteiger partial charge >= 0.3 is 16.4 Å².